The third-order valence-electron chi connectivity index (χ3n) is 6.68. The van der Waals surface area contributed by atoms with Crippen LogP contribution in [0.25, 0.3) is 11.4 Å². The first-order valence-corrected chi connectivity index (χ1v) is 13.9. The molecule has 42 heavy (non-hydrogen) atoms. The van der Waals surface area contributed by atoms with Gasteiger partial charge >= 0.3 is 5.97 Å². The van der Waals surface area contributed by atoms with Gasteiger partial charge in [0, 0.05) is 18.3 Å². The molecule has 4 aromatic rings. The predicted molar refractivity (Wildman–Crippen MR) is 159 cm³/mol. The molecule has 1 aliphatic heterocycles. The third-order valence-corrected chi connectivity index (χ3v) is 6.68. The van der Waals surface area contributed by atoms with Crippen LogP contribution in [0.5, 0.6) is 17.2 Å². The molecular weight excluding hydrogens is 536 g/mol. The number of carboxylic acids is 1. The Balaban J connectivity index is 1.25. The van der Waals surface area contributed by atoms with E-state index in [1.54, 1.807) is 48.9 Å². The van der Waals surface area contributed by atoms with Crippen molar-refractivity contribution in [1.29, 1.82) is 0 Å². The Morgan fingerprint density at radius 2 is 1.83 bits per heavy atom. The molecule has 11 heteroatoms. The number of benzene rings is 2. The lowest BCUT2D eigenvalue weighted by molar-refractivity contribution is -0.152. The van der Waals surface area contributed by atoms with Crippen molar-refractivity contribution < 1.29 is 24.1 Å². The van der Waals surface area contributed by atoms with Crippen molar-refractivity contribution in [2.45, 2.75) is 45.3 Å². The fourth-order valence-corrected chi connectivity index (χ4v) is 4.52. The minimum atomic E-state index is -1.34. The van der Waals surface area contributed by atoms with E-state index in [0.717, 1.165) is 42.3 Å². The van der Waals surface area contributed by atoms with Crippen LogP contribution in [0.3, 0.4) is 0 Å². The van der Waals surface area contributed by atoms with Gasteiger partial charge < -0.3 is 29.5 Å². The molecule has 2 aromatic carbocycles. The smallest absolute Gasteiger partial charge is 0.347 e. The zero-order chi connectivity index (χ0) is 29.5. The molecule has 1 atom stereocenters. The summed E-state index contributed by atoms with van der Waals surface area (Å²) < 4.78 is 17.6. The number of hydrogen-bond acceptors (Lipinski definition) is 10. The van der Waals surface area contributed by atoms with Crippen LogP contribution >= 0.6 is 0 Å². The number of aromatic nitrogens is 4. The Labute approximate surface area is 244 Å². The standard InChI is InChI=1S/C31H34N6O5/c1-4-40-24-9-5-6-10-25(24)41-23-8-7-17-37(20-23)28-19-32-18-27(35-28)34-26-15-16-33-29(36-26)21-11-13-22(14-12-21)42-31(2,3)30(38)39/h5-6,9-16,18-19,23H,4,7-8,17,20H2,1-3H3,(H,38,39)(H,33,34,35,36). The largest absolute Gasteiger partial charge is 0.490 e. The Morgan fingerprint density at radius 1 is 1.05 bits per heavy atom. The van der Waals surface area contributed by atoms with Crippen molar-refractivity contribution >= 4 is 23.4 Å². The van der Waals surface area contributed by atoms with Crippen molar-refractivity contribution in [1.82, 2.24) is 19.9 Å². The summed E-state index contributed by atoms with van der Waals surface area (Å²) in [6.45, 7) is 7.07. The molecule has 1 aliphatic rings. The minimum absolute atomic E-state index is 0.00446. The minimum Gasteiger partial charge on any atom is -0.490 e. The number of rotatable bonds is 11. The zero-order valence-corrected chi connectivity index (χ0v) is 23.9. The van der Waals surface area contributed by atoms with Crippen LogP contribution in [0.1, 0.15) is 33.6 Å². The lowest BCUT2D eigenvalue weighted by Gasteiger charge is -2.33. The molecule has 1 fully saturated rings. The second kappa shape index (κ2) is 12.7. The number of ether oxygens (including phenoxy) is 3. The molecule has 0 radical (unpaired) electrons. The van der Waals surface area contributed by atoms with Crippen LogP contribution in [0.15, 0.2) is 73.2 Å². The van der Waals surface area contributed by atoms with E-state index in [4.69, 9.17) is 19.2 Å². The summed E-state index contributed by atoms with van der Waals surface area (Å²) in [5.41, 5.74) is -0.585. The van der Waals surface area contributed by atoms with Crippen molar-refractivity contribution in [3.8, 4) is 28.6 Å². The van der Waals surface area contributed by atoms with Gasteiger partial charge in [-0.3, -0.25) is 4.98 Å². The van der Waals surface area contributed by atoms with Crippen LogP contribution in [-0.4, -0.2) is 62.4 Å². The maximum Gasteiger partial charge on any atom is 0.347 e. The van der Waals surface area contributed by atoms with E-state index in [1.807, 2.05) is 31.2 Å². The number of para-hydroxylation sites is 2. The number of anilines is 3. The summed E-state index contributed by atoms with van der Waals surface area (Å²) in [5, 5.41) is 12.5. The molecular formula is C31H34N6O5. The normalized spacial score (nSPS) is 15.1. The van der Waals surface area contributed by atoms with Gasteiger partial charge in [0.15, 0.2) is 28.7 Å². The molecule has 1 saturated heterocycles. The van der Waals surface area contributed by atoms with Gasteiger partial charge in [0.05, 0.1) is 25.5 Å². The predicted octanol–water partition coefficient (Wildman–Crippen LogP) is 5.37. The Morgan fingerprint density at radius 3 is 2.60 bits per heavy atom. The molecule has 1 unspecified atom stereocenters. The molecule has 0 saturated carbocycles. The van der Waals surface area contributed by atoms with Gasteiger partial charge in [-0.05, 0) is 76.1 Å². The molecule has 0 spiro atoms. The van der Waals surface area contributed by atoms with Crippen molar-refractivity contribution in [2.24, 2.45) is 0 Å². The molecule has 11 nitrogen and oxygen atoms in total. The van der Waals surface area contributed by atoms with E-state index in [0.29, 0.717) is 36.4 Å². The average Bonchev–Trinajstić information content (AvgIpc) is 2.99. The van der Waals surface area contributed by atoms with Crippen molar-refractivity contribution in [2.75, 3.05) is 29.9 Å². The Kier molecular flexibility index (Phi) is 8.66. The van der Waals surface area contributed by atoms with Gasteiger partial charge in [0.1, 0.15) is 23.5 Å². The number of nitrogens with zero attached hydrogens (tertiary/aromatic N) is 5. The summed E-state index contributed by atoms with van der Waals surface area (Å²) in [6, 6.07) is 16.5. The van der Waals surface area contributed by atoms with E-state index in [2.05, 4.69) is 25.2 Å². The van der Waals surface area contributed by atoms with Crippen molar-refractivity contribution in [3.05, 3.63) is 73.2 Å². The highest BCUT2D eigenvalue weighted by Gasteiger charge is 2.29. The van der Waals surface area contributed by atoms with E-state index < -0.39 is 11.6 Å². The number of nitrogens with one attached hydrogen (secondary N) is 1. The van der Waals surface area contributed by atoms with Crippen LogP contribution < -0.4 is 24.4 Å². The van der Waals surface area contributed by atoms with Gasteiger partial charge in [-0.25, -0.2) is 19.7 Å². The maximum absolute atomic E-state index is 11.4. The molecule has 5 rings (SSSR count). The Bertz CT molecular complexity index is 1510. The molecule has 2 aromatic heterocycles. The molecule has 0 aliphatic carbocycles. The van der Waals surface area contributed by atoms with Gasteiger partial charge in [-0.1, -0.05) is 12.1 Å². The van der Waals surface area contributed by atoms with Crippen LogP contribution in [0, 0.1) is 0 Å². The summed E-state index contributed by atoms with van der Waals surface area (Å²) in [6.07, 6.45) is 6.96. The first kappa shape index (κ1) is 28.6. The molecule has 0 bridgehead atoms. The van der Waals surface area contributed by atoms with Gasteiger partial charge in [-0.2, -0.15) is 0 Å². The fourth-order valence-electron chi connectivity index (χ4n) is 4.52. The second-order valence-electron chi connectivity index (χ2n) is 10.3. The van der Waals surface area contributed by atoms with E-state index >= 15 is 0 Å². The Hall–Kier alpha value is -4.93. The molecule has 3 heterocycles. The summed E-state index contributed by atoms with van der Waals surface area (Å²) in [5.74, 6) is 3.26. The first-order chi connectivity index (χ1) is 20.3. The SMILES string of the molecule is CCOc1ccccc1OC1CCCN(c2cncc(Nc3ccnc(-c4ccc(OC(C)(C)C(=O)O)cc4)n3)n2)C1. The number of piperidine rings is 1. The summed E-state index contributed by atoms with van der Waals surface area (Å²) >= 11 is 0. The van der Waals surface area contributed by atoms with Crippen molar-refractivity contribution in [3.63, 3.8) is 0 Å². The number of carbonyl (C=O) groups is 1. The summed E-state index contributed by atoms with van der Waals surface area (Å²) in [4.78, 5) is 31.7. The molecule has 218 valence electrons. The number of aliphatic carboxylic acids is 1. The summed E-state index contributed by atoms with van der Waals surface area (Å²) in [7, 11) is 0. The first-order valence-electron chi connectivity index (χ1n) is 13.9. The quantitative estimate of drug-likeness (QED) is 0.241. The highest BCUT2D eigenvalue weighted by molar-refractivity contribution is 5.76. The maximum atomic E-state index is 11.4. The van der Waals surface area contributed by atoms with E-state index in [9.17, 15) is 9.90 Å². The highest BCUT2D eigenvalue weighted by atomic mass is 16.5. The topological polar surface area (TPSA) is 132 Å². The van der Waals surface area contributed by atoms with E-state index in [-0.39, 0.29) is 6.10 Å². The monoisotopic (exact) mass is 570 g/mol. The number of carboxylic acid groups (broad SMARTS) is 1. The lowest BCUT2D eigenvalue weighted by atomic mass is 10.1. The third kappa shape index (κ3) is 7.03. The van der Waals surface area contributed by atoms with Crippen LogP contribution in [0.2, 0.25) is 0 Å². The molecule has 2 N–H and O–H groups in total. The molecule has 0 amide bonds. The zero-order valence-electron chi connectivity index (χ0n) is 23.9. The fraction of sp³-hybridized carbons (Fsp3) is 0.323. The van der Waals surface area contributed by atoms with Crippen LogP contribution in [0.4, 0.5) is 17.5 Å². The van der Waals surface area contributed by atoms with Gasteiger partial charge in [0.25, 0.3) is 0 Å². The highest BCUT2D eigenvalue weighted by Crippen LogP contribution is 2.30. The van der Waals surface area contributed by atoms with E-state index in [1.165, 1.54) is 13.8 Å². The number of hydrogen-bond donors (Lipinski definition) is 2. The van der Waals surface area contributed by atoms with Crippen LogP contribution in [-0.2, 0) is 4.79 Å². The lowest BCUT2D eigenvalue weighted by Crippen LogP contribution is -2.41. The van der Waals surface area contributed by atoms with Gasteiger partial charge in [0.2, 0.25) is 0 Å². The second-order valence-corrected chi connectivity index (χ2v) is 10.3. The van der Waals surface area contributed by atoms with Gasteiger partial charge in [-0.15, -0.1) is 0 Å². The average molecular weight is 571 g/mol.